The lowest BCUT2D eigenvalue weighted by Gasteiger charge is -2.11. The molecule has 1 aromatic heterocycles. The summed E-state index contributed by atoms with van der Waals surface area (Å²) < 4.78 is 61.1. The van der Waals surface area contributed by atoms with E-state index in [9.17, 15) is 21.6 Å². The molecular weight excluding hydrogens is 399 g/mol. The Morgan fingerprint density at radius 2 is 2.00 bits per heavy atom. The van der Waals surface area contributed by atoms with E-state index >= 15 is 0 Å². The number of hydrogen-bond donors (Lipinski definition) is 1. The molecule has 5 nitrogen and oxygen atoms in total. The Morgan fingerprint density at radius 1 is 1.47 bits per heavy atom. The van der Waals surface area contributed by atoms with Crippen LogP contribution in [-0.4, -0.2) is 19.8 Å². The lowest BCUT2D eigenvalue weighted by Crippen LogP contribution is -2.19. The van der Waals surface area contributed by atoms with Gasteiger partial charge in [-0.15, -0.1) is 13.2 Å². The van der Waals surface area contributed by atoms with Crippen molar-refractivity contribution in [1.29, 1.82) is 0 Å². The lowest BCUT2D eigenvalue weighted by molar-refractivity contribution is -0.276. The number of halogens is 5. The fourth-order valence-electron chi connectivity index (χ4n) is 0.845. The summed E-state index contributed by atoms with van der Waals surface area (Å²) in [6.45, 7) is 0. The Balaban J connectivity index is 3.29. The number of nitrogens with zero attached hydrogens (tertiary/aromatic N) is 1. The van der Waals surface area contributed by atoms with Crippen molar-refractivity contribution in [2.45, 2.75) is 11.3 Å². The highest BCUT2D eigenvalue weighted by molar-refractivity contribution is 14.1. The molecule has 0 unspecified atom stereocenters. The number of anilines is 1. The van der Waals surface area contributed by atoms with E-state index in [1.807, 2.05) is 0 Å². The zero-order valence-electron chi connectivity index (χ0n) is 7.62. The highest BCUT2D eigenvalue weighted by Crippen LogP contribution is 2.31. The van der Waals surface area contributed by atoms with Gasteiger partial charge in [-0.3, -0.25) is 0 Å². The number of hydrogen-bond acceptors (Lipinski definition) is 5. The summed E-state index contributed by atoms with van der Waals surface area (Å²) in [5, 5.41) is 0. The fraction of sp³-hybridized carbons (Fsp3) is 0.167. The molecule has 11 heteroatoms. The minimum atomic E-state index is -4.94. The van der Waals surface area contributed by atoms with Gasteiger partial charge >= 0.3 is 6.36 Å². The van der Waals surface area contributed by atoms with Crippen molar-refractivity contribution < 1.29 is 26.3 Å². The maximum atomic E-state index is 11.9. The van der Waals surface area contributed by atoms with E-state index in [0.29, 0.717) is 0 Å². The van der Waals surface area contributed by atoms with Crippen molar-refractivity contribution in [3.63, 3.8) is 0 Å². The Bertz CT molecular complexity index is 548. The van der Waals surface area contributed by atoms with E-state index in [0.717, 1.165) is 6.07 Å². The summed E-state index contributed by atoms with van der Waals surface area (Å²) in [5.74, 6) is -1.50. The van der Waals surface area contributed by atoms with E-state index in [-0.39, 0.29) is 3.57 Å². The van der Waals surface area contributed by atoms with Gasteiger partial charge in [0, 0.05) is 10.7 Å². The van der Waals surface area contributed by atoms with Crippen molar-refractivity contribution in [2.75, 3.05) is 5.73 Å². The normalized spacial score (nSPS) is 12.5. The molecule has 1 heterocycles. The molecule has 0 aliphatic rings. The zero-order valence-corrected chi connectivity index (χ0v) is 11.4. The Kier molecular flexibility index (Phi) is 3.98. The van der Waals surface area contributed by atoms with Gasteiger partial charge in [0.05, 0.1) is 3.57 Å². The topological polar surface area (TPSA) is 82.3 Å². The number of alkyl halides is 3. The average molecular weight is 403 g/mol. The molecule has 0 aliphatic carbocycles. The van der Waals surface area contributed by atoms with Gasteiger partial charge < -0.3 is 10.5 Å². The van der Waals surface area contributed by atoms with Crippen LogP contribution in [0.1, 0.15) is 0 Å². The van der Waals surface area contributed by atoms with E-state index in [2.05, 4.69) is 9.72 Å². The predicted octanol–water partition coefficient (Wildman–Crippen LogP) is 2.09. The van der Waals surface area contributed by atoms with Crippen molar-refractivity contribution in [2.24, 2.45) is 0 Å². The number of nitrogens with two attached hydrogens (primary N) is 1. The number of ether oxygens (including phenoxy) is 1. The van der Waals surface area contributed by atoms with Crippen LogP contribution < -0.4 is 10.5 Å². The summed E-state index contributed by atoms with van der Waals surface area (Å²) in [6, 6.07) is 0.840. The first-order chi connectivity index (χ1) is 7.50. The molecule has 1 rings (SSSR count). The van der Waals surface area contributed by atoms with Gasteiger partial charge in [0.15, 0.2) is 0 Å². The quantitative estimate of drug-likeness (QED) is 0.605. The molecule has 0 atom stereocenters. The first-order valence-corrected chi connectivity index (χ1v) is 7.06. The Hall–Kier alpha value is -0.490. The molecule has 0 amide bonds. The Labute approximate surface area is 112 Å². The smallest absolute Gasteiger partial charge is 0.387 e. The van der Waals surface area contributed by atoms with E-state index in [1.165, 1.54) is 22.6 Å². The Morgan fingerprint density at radius 3 is 2.41 bits per heavy atom. The summed E-state index contributed by atoms with van der Waals surface area (Å²) in [6.07, 6.45) is -4.94. The largest absolute Gasteiger partial charge is 0.574 e. The summed E-state index contributed by atoms with van der Waals surface area (Å²) in [4.78, 5) is 2.62. The molecular formula is C6H3ClF3IN2O3S. The van der Waals surface area contributed by atoms with Crippen molar-refractivity contribution in [3.05, 3.63) is 9.64 Å². The van der Waals surface area contributed by atoms with Crippen molar-refractivity contribution in [1.82, 2.24) is 4.98 Å². The van der Waals surface area contributed by atoms with Crippen molar-refractivity contribution >= 4 is 48.1 Å². The minimum absolute atomic E-state index is 0.187. The van der Waals surface area contributed by atoms with Crippen LogP contribution >= 0.6 is 33.3 Å². The summed E-state index contributed by atoms with van der Waals surface area (Å²) >= 11 is 1.42. The van der Waals surface area contributed by atoms with Crippen LogP contribution in [0.2, 0.25) is 0 Å². The monoisotopic (exact) mass is 402 g/mol. The van der Waals surface area contributed by atoms with Crippen LogP contribution in [0, 0.1) is 3.57 Å². The van der Waals surface area contributed by atoms with Crippen molar-refractivity contribution in [3.8, 4) is 5.88 Å². The first kappa shape index (κ1) is 14.6. The minimum Gasteiger partial charge on any atom is -0.387 e. The summed E-state index contributed by atoms with van der Waals surface area (Å²) in [5.41, 5.74) is 5.17. The summed E-state index contributed by atoms with van der Waals surface area (Å²) in [7, 11) is 0.834. The van der Waals surface area contributed by atoms with E-state index < -0.39 is 32.0 Å². The molecule has 0 aromatic carbocycles. The van der Waals surface area contributed by atoms with Gasteiger partial charge in [-0.1, -0.05) is 0 Å². The van der Waals surface area contributed by atoms with Crippen LogP contribution in [0.25, 0.3) is 0 Å². The molecule has 0 radical (unpaired) electrons. The molecule has 0 fully saturated rings. The van der Waals surface area contributed by atoms with Gasteiger partial charge in [-0.25, -0.2) is 8.42 Å². The van der Waals surface area contributed by atoms with Gasteiger partial charge in [0.25, 0.3) is 9.05 Å². The van der Waals surface area contributed by atoms with Crippen LogP contribution in [0.15, 0.2) is 11.0 Å². The predicted molar refractivity (Wildman–Crippen MR) is 61.1 cm³/mol. The molecule has 0 bridgehead atoms. The molecule has 1 aromatic rings. The maximum absolute atomic E-state index is 11.9. The highest BCUT2D eigenvalue weighted by Gasteiger charge is 2.33. The molecule has 0 saturated heterocycles. The molecule has 96 valence electrons. The lowest BCUT2D eigenvalue weighted by atomic mass is 10.4. The number of rotatable bonds is 2. The second kappa shape index (κ2) is 4.65. The van der Waals surface area contributed by atoms with Crippen LogP contribution in [-0.2, 0) is 9.05 Å². The molecule has 0 aliphatic heterocycles. The highest BCUT2D eigenvalue weighted by atomic mass is 127. The van der Waals surface area contributed by atoms with Crippen LogP contribution in [0.3, 0.4) is 0 Å². The van der Waals surface area contributed by atoms with Gasteiger partial charge in [0.1, 0.15) is 10.7 Å². The van der Waals surface area contributed by atoms with Gasteiger partial charge in [-0.2, -0.15) is 4.98 Å². The number of nitrogen functional groups attached to an aromatic ring is 1. The molecule has 0 saturated carbocycles. The van der Waals surface area contributed by atoms with Crippen LogP contribution in [0.4, 0.5) is 19.0 Å². The van der Waals surface area contributed by atoms with Gasteiger partial charge in [-0.05, 0) is 28.7 Å². The zero-order chi connectivity index (χ0) is 13.4. The fourth-order valence-corrected chi connectivity index (χ4v) is 2.52. The molecule has 0 spiro atoms. The number of aromatic nitrogens is 1. The maximum Gasteiger partial charge on any atom is 0.574 e. The number of pyridine rings is 1. The van der Waals surface area contributed by atoms with E-state index in [4.69, 9.17) is 16.4 Å². The third kappa shape index (κ3) is 4.03. The third-order valence-electron chi connectivity index (χ3n) is 1.41. The SMILES string of the molecule is Nc1nc(OC(F)(F)F)c(I)cc1S(=O)(=O)Cl. The second-order valence-electron chi connectivity index (χ2n) is 2.64. The van der Waals surface area contributed by atoms with E-state index in [1.54, 1.807) is 0 Å². The van der Waals surface area contributed by atoms with Gasteiger partial charge in [0.2, 0.25) is 5.88 Å². The molecule has 2 N–H and O–H groups in total. The standard InChI is InChI=1S/C6H3ClF3IN2O3S/c7-17(14,15)3-1-2(11)5(13-4(3)12)16-6(8,9)10/h1H,(H2,12,13). The third-order valence-corrected chi connectivity index (χ3v) is 3.54. The second-order valence-corrected chi connectivity index (χ2v) is 6.34. The molecule has 17 heavy (non-hydrogen) atoms. The van der Waals surface area contributed by atoms with Crippen LogP contribution in [0.5, 0.6) is 5.88 Å². The average Bonchev–Trinajstić information content (AvgIpc) is 2.06. The first-order valence-electron chi connectivity index (χ1n) is 3.67.